The van der Waals surface area contributed by atoms with Crippen molar-refractivity contribution < 1.29 is 27.8 Å². The smallest absolute Gasteiger partial charge is 0.419 e. The summed E-state index contributed by atoms with van der Waals surface area (Å²) in [5, 5.41) is 12.3. The molecule has 0 radical (unpaired) electrons. The van der Waals surface area contributed by atoms with Crippen molar-refractivity contribution in [2.45, 2.75) is 56.2 Å². The largest absolute Gasteiger partial charge is 0.445 e. The second-order valence-electron chi connectivity index (χ2n) is 7.15. The third-order valence-electron chi connectivity index (χ3n) is 5.20. The number of carbonyl (C=O) groups is 1. The molecule has 1 heterocycles. The summed E-state index contributed by atoms with van der Waals surface area (Å²) in [6, 6.07) is 9.35. The van der Waals surface area contributed by atoms with Crippen molar-refractivity contribution in [3.05, 3.63) is 35.9 Å². The van der Waals surface area contributed by atoms with Gasteiger partial charge in [-0.25, -0.2) is 4.79 Å². The van der Waals surface area contributed by atoms with Crippen LogP contribution >= 0.6 is 0 Å². The number of halogens is 3. The lowest BCUT2D eigenvalue weighted by atomic mass is 9.84. The maximum absolute atomic E-state index is 12.7. The van der Waals surface area contributed by atoms with Crippen molar-refractivity contribution in [3.63, 3.8) is 0 Å². The Labute approximate surface area is 150 Å². The quantitative estimate of drug-likeness (QED) is 0.853. The number of alkyl carbamates (subject to hydrolysis) is 1. The van der Waals surface area contributed by atoms with E-state index in [1.165, 1.54) is 0 Å². The topological polar surface area (TPSA) is 61.8 Å². The Morgan fingerprint density at radius 2 is 1.81 bits per heavy atom. The van der Waals surface area contributed by atoms with Crippen molar-refractivity contribution in [3.8, 4) is 0 Å². The minimum atomic E-state index is -4.58. The van der Waals surface area contributed by atoms with Crippen molar-refractivity contribution in [2.75, 3.05) is 13.1 Å². The zero-order valence-electron chi connectivity index (χ0n) is 14.3. The number of hydrogen-bond acceptors (Lipinski definition) is 4. The van der Waals surface area contributed by atoms with Gasteiger partial charge in [-0.05, 0) is 31.2 Å². The van der Waals surface area contributed by atoms with Gasteiger partial charge in [-0.1, -0.05) is 30.3 Å². The SMILES string of the molecule is O=C(N[C@H]1CC[C@H](N2CC(O)(C(F)(F)F)C2)CC1)OCc1ccccc1. The molecule has 26 heavy (non-hydrogen) atoms. The fourth-order valence-electron chi connectivity index (χ4n) is 3.58. The molecule has 1 saturated heterocycles. The first-order chi connectivity index (χ1) is 12.3. The average Bonchev–Trinajstić information content (AvgIpc) is 2.58. The molecule has 1 amide bonds. The first-order valence-corrected chi connectivity index (χ1v) is 8.77. The lowest BCUT2D eigenvalue weighted by molar-refractivity contribution is -0.306. The predicted molar refractivity (Wildman–Crippen MR) is 88.4 cm³/mol. The summed E-state index contributed by atoms with van der Waals surface area (Å²) >= 11 is 0. The Balaban J connectivity index is 1.36. The van der Waals surface area contributed by atoms with E-state index in [0.717, 1.165) is 5.56 Å². The van der Waals surface area contributed by atoms with Crippen LogP contribution in [0.25, 0.3) is 0 Å². The molecular weight excluding hydrogens is 349 g/mol. The highest BCUT2D eigenvalue weighted by atomic mass is 19.4. The lowest BCUT2D eigenvalue weighted by Gasteiger charge is -2.51. The minimum Gasteiger partial charge on any atom is -0.445 e. The maximum atomic E-state index is 12.7. The van der Waals surface area contributed by atoms with Gasteiger partial charge in [-0.15, -0.1) is 0 Å². The van der Waals surface area contributed by atoms with E-state index in [4.69, 9.17) is 4.74 Å². The fourth-order valence-corrected chi connectivity index (χ4v) is 3.58. The lowest BCUT2D eigenvalue weighted by Crippen LogP contribution is -2.71. The van der Waals surface area contributed by atoms with Gasteiger partial charge in [0.15, 0.2) is 5.60 Å². The van der Waals surface area contributed by atoms with Crippen LogP contribution in [0.4, 0.5) is 18.0 Å². The molecule has 5 nitrogen and oxygen atoms in total. The van der Waals surface area contributed by atoms with Gasteiger partial charge in [0.2, 0.25) is 0 Å². The standard InChI is InChI=1S/C18H23F3N2O3/c19-18(20,21)17(25)11-23(12-17)15-8-6-14(7-9-15)22-16(24)26-10-13-4-2-1-3-5-13/h1-5,14-15,25H,6-12H2,(H,22,24)/t14-,15-. The van der Waals surface area contributed by atoms with E-state index in [1.54, 1.807) is 4.90 Å². The molecule has 0 aromatic heterocycles. The molecule has 1 aliphatic heterocycles. The second-order valence-corrected chi connectivity index (χ2v) is 7.15. The van der Waals surface area contributed by atoms with Gasteiger partial charge in [-0.2, -0.15) is 13.2 Å². The first-order valence-electron chi connectivity index (χ1n) is 8.77. The van der Waals surface area contributed by atoms with Gasteiger partial charge < -0.3 is 15.2 Å². The predicted octanol–water partition coefficient (Wildman–Crippen LogP) is 2.83. The van der Waals surface area contributed by atoms with Gasteiger partial charge in [0, 0.05) is 25.2 Å². The Morgan fingerprint density at radius 3 is 2.38 bits per heavy atom. The molecule has 0 unspecified atom stereocenters. The summed E-state index contributed by atoms with van der Waals surface area (Å²) < 4.78 is 43.2. The van der Waals surface area contributed by atoms with Crippen molar-refractivity contribution in [1.29, 1.82) is 0 Å². The van der Waals surface area contributed by atoms with Crippen LogP contribution in [0.5, 0.6) is 0 Å². The molecule has 1 aromatic rings. The molecule has 3 rings (SSSR count). The normalized spacial score (nSPS) is 26.0. The Morgan fingerprint density at radius 1 is 1.19 bits per heavy atom. The molecule has 1 aromatic carbocycles. The Hall–Kier alpha value is -1.80. The number of nitrogens with one attached hydrogen (secondary N) is 1. The van der Waals surface area contributed by atoms with E-state index >= 15 is 0 Å². The zero-order valence-corrected chi connectivity index (χ0v) is 14.3. The van der Waals surface area contributed by atoms with Gasteiger partial charge in [0.1, 0.15) is 6.61 Å². The molecule has 1 aliphatic carbocycles. The second kappa shape index (κ2) is 7.44. The first kappa shape index (κ1) is 19.0. The maximum Gasteiger partial charge on any atom is 0.419 e. The number of carbonyl (C=O) groups excluding carboxylic acids is 1. The van der Waals surface area contributed by atoms with Crippen LogP contribution in [-0.4, -0.2) is 53.1 Å². The fraction of sp³-hybridized carbons (Fsp3) is 0.611. The number of hydrogen-bond donors (Lipinski definition) is 2. The third-order valence-corrected chi connectivity index (χ3v) is 5.20. The summed E-state index contributed by atoms with van der Waals surface area (Å²) in [5.41, 5.74) is -1.66. The van der Waals surface area contributed by atoms with E-state index in [9.17, 15) is 23.1 Å². The molecule has 2 aliphatic rings. The third kappa shape index (κ3) is 4.29. The van der Waals surface area contributed by atoms with E-state index < -0.39 is 17.9 Å². The Bertz CT molecular complexity index is 610. The van der Waals surface area contributed by atoms with Crippen LogP contribution in [0, 0.1) is 0 Å². The average molecular weight is 372 g/mol. The minimum absolute atomic E-state index is 0.0241. The van der Waals surface area contributed by atoms with Crippen LogP contribution < -0.4 is 5.32 Å². The summed E-state index contributed by atoms with van der Waals surface area (Å²) in [4.78, 5) is 13.5. The van der Waals surface area contributed by atoms with Crippen LogP contribution in [0.1, 0.15) is 31.2 Å². The molecule has 1 saturated carbocycles. The number of aliphatic hydroxyl groups is 1. The van der Waals surface area contributed by atoms with Crippen LogP contribution in [0.15, 0.2) is 30.3 Å². The molecule has 0 atom stereocenters. The number of benzene rings is 1. The number of likely N-dealkylation sites (tertiary alicyclic amines) is 1. The van der Waals surface area contributed by atoms with Crippen molar-refractivity contribution in [1.82, 2.24) is 10.2 Å². The molecule has 2 N–H and O–H groups in total. The van der Waals surface area contributed by atoms with E-state index in [-0.39, 0.29) is 31.8 Å². The molecule has 2 fully saturated rings. The molecule has 8 heteroatoms. The number of nitrogens with zero attached hydrogens (tertiary/aromatic N) is 1. The van der Waals surface area contributed by atoms with E-state index in [0.29, 0.717) is 25.7 Å². The van der Waals surface area contributed by atoms with Crippen molar-refractivity contribution in [2.24, 2.45) is 0 Å². The molecule has 0 bridgehead atoms. The summed E-state index contributed by atoms with van der Waals surface area (Å²) in [5.74, 6) is 0. The molecular formula is C18H23F3N2O3. The van der Waals surface area contributed by atoms with Crippen LogP contribution in [0.3, 0.4) is 0 Å². The Kier molecular flexibility index (Phi) is 5.43. The van der Waals surface area contributed by atoms with E-state index in [2.05, 4.69) is 5.32 Å². The molecule has 0 spiro atoms. The number of amides is 1. The number of ether oxygens (including phenoxy) is 1. The monoisotopic (exact) mass is 372 g/mol. The van der Waals surface area contributed by atoms with Gasteiger partial charge in [0.05, 0.1) is 0 Å². The van der Waals surface area contributed by atoms with Gasteiger partial charge in [-0.3, -0.25) is 4.90 Å². The zero-order chi connectivity index (χ0) is 18.8. The van der Waals surface area contributed by atoms with Crippen molar-refractivity contribution >= 4 is 6.09 Å². The highest BCUT2D eigenvalue weighted by Crippen LogP contribution is 2.40. The van der Waals surface area contributed by atoms with Gasteiger partial charge in [0.25, 0.3) is 0 Å². The highest BCUT2D eigenvalue weighted by molar-refractivity contribution is 5.67. The van der Waals surface area contributed by atoms with E-state index in [1.807, 2.05) is 30.3 Å². The van der Waals surface area contributed by atoms with Crippen LogP contribution in [0.2, 0.25) is 0 Å². The number of alkyl halides is 3. The summed E-state index contributed by atoms with van der Waals surface area (Å²) in [6.07, 6.45) is -2.30. The number of rotatable bonds is 4. The highest BCUT2D eigenvalue weighted by Gasteiger charge is 2.61. The summed E-state index contributed by atoms with van der Waals surface area (Å²) in [6.45, 7) is -0.525. The van der Waals surface area contributed by atoms with Gasteiger partial charge >= 0.3 is 12.3 Å². The molecule has 144 valence electrons. The van der Waals surface area contributed by atoms with Crippen LogP contribution in [-0.2, 0) is 11.3 Å². The summed E-state index contributed by atoms with van der Waals surface area (Å²) in [7, 11) is 0. The number of β-amino-alcohol motifs (C(OH)–C–C–N with tert-alkyl or cyclic N) is 1.